The Bertz CT molecular complexity index is 1080. The molecule has 2 aliphatic rings. The third-order valence-corrected chi connectivity index (χ3v) is 8.47. The number of alkyl carbamates (subject to hydrolysis) is 1. The van der Waals surface area contributed by atoms with Crippen molar-refractivity contribution in [2.24, 2.45) is 4.99 Å². The highest BCUT2D eigenvalue weighted by molar-refractivity contribution is 7.94. The lowest BCUT2D eigenvalue weighted by Gasteiger charge is -2.43. The van der Waals surface area contributed by atoms with Crippen molar-refractivity contribution in [3.63, 3.8) is 0 Å². The number of rotatable bonds is 2. The van der Waals surface area contributed by atoms with Gasteiger partial charge in [0.15, 0.2) is 15.9 Å². The van der Waals surface area contributed by atoms with Gasteiger partial charge in [0.05, 0.1) is 13.7 Å². The predicted octanol–water partition coefficient (Wildman–Crippen LogP) is 2.09. The molecular weight excluding hydrogens is 443 g/mol. The molecule has 0 saturated carbocycles. The number of carbonyl (C=O) groups excluding carboxylic acids is 2. The summed E-state index contributed by atoms with van der Waals surface area (Å²) in [6.45, 7) is 7.24. The van der Waals surface area contributed by atoms with Gasteiger partial charge in [-0.2, -0.15) is 0 Å². The smallest absolute Gasteiger partial charge is 0.413 e. The summed E-state index contributed by atoms with van der Waals surface area (Å²) in [4.78, 5) is 29.4. The lowest BCUT2D eigenvalue weighted by molar-refractivity contribution is -0.150. The van der Waals surface area contributed by atoms with Crippen LogP contribution in [-0.4, -0.2) is 61.7 Å². The van der Waals surface area contributed by atoms with Gasteiger partial charge in [-0.25, -0.2) is 22.4 Å². The SMILES string of the molecule is COC(=O)C1OC[C@]2(c3ccccc3F)N=C(NC(=O)OC(C)(C)C)C(C)(C)S(=O)(=O)[C@H]12. The average Bonchev–Trinajstić information content (AvgIpc) is 3.06. The maximum Gasteiger partial charge on any atom is 0.413 e. The highest BCUT2D eigenvalue weighted by Crippen LogP contribution is 2.49. The normalized spacial score (nSPS) is 28.3. The van der Waals surface area contributed by atoms with E-state index in [1.54, 1.807) is 20.8 Å². The van der Waals surface area contributed by atoms with Gasteiger partial charge in [-0.05, 0) is 40.7 Å². The van der Waals surface area contributed by atoms with Crippen molar-refractivity contribution in [2.75, 3.05) is 13.7 Å². The molecule has 1 aromatic rings. The Morgan fingerprint density at radius 1 is 1.25 bits per heavy atom. The summed E-state index contributed by atoms with van der Waals surface area (Å²) in [6.07, 6.45) is -2.43. The van der Waals surface area contributed by atoms with Crippen LogP contribution in [0.25, 0.3) is 0 Å². The molecule has 3 atom stereocenters. The molecule has 2 aliphatic heterocycles. The second-order valence-corrected chi connectivity index (χ2v) is 11.8. The topological polar surface area (TPSA) is 120 Å². The highest BCUT2D eigenvalue weighted by atomic mass is 32.2. The molecular formula is C21H27FN2O7S. The first-order chi connectivity index (χ1) is 14.7. The average molecular weight is 471 g/mol. The zero-order chi connectivity index (χ0) is 24.1. The number of amidine groups is 1. The van der Waals surface area contributed by atoms with E-state index in [9.17, 15) is 22.4 Å². The number of hydrogen-bond donors (Lipinski definition) is 1. The van der Waals surface area contributed by atoms with Crippen LogP contribution in [0, 0.1) is 5.82 Å². The molecule has 32 heavy (non-hydrogen) atoms. The van der Waals surface area contributed by atoms with Gasteiger partial charge in [-0.1, -0.05) is 18.2 Å². The number of esters is 1. The third-order valence-electron chi connectivity index (χ3n) is 5.55. The first-order valence-electron chi connectivity index (χ1n) is 9.95. The van der Waals surface area contributed by atoms with Crippen molar-refractivity contribution >= 4 is 27.7 Å². The first kappa shape index (κ1) is 24.1. The second-order valence-electron chi connectivity index (χ2n) is 9.22. The standard InChI is InChI=1S/C21H27FN2O7S/c1-19(2,3)31-18(26)23-17-20(4,5)32(27,28)15-14(16(25)29-6)30-11-21(15,24-17)12-9-7-8-10-13(12)22/h7-10,14-15H,11H2,1-6H3,(H,23,24,26)/t14?,15-,21-/m1/s1. The van der Waals surface area contributed by atoms with E-state index in [1.807, 2.05) is 0 Å². The van der Waals surface area contributed by atoms with Gasteiger partial charge >= 0.3 is 12.1 Å². The minimum atomic E-state index is -4.30. The number of aliphatic imine (C=N–C) groups is 1. The largest absolute Gasteiger partial charge is 0.467 e. The van der Waals surface area contributed by atoms with Gasteiger partial charge in [0.1, 0.15) is 32.8 Å². The summed E-state index contributed by atoms with van der Waals surface area (Å²) in [5.74, 6) is -1.87. The second kappa shape index (κ2) is 7.80. The quantitative estimate of drug-likeness (QED) is 0.657. The fourth-order valence-electron chi connectivity index (χ4n) is 3.93. The van der Waals surface area contributed by atoms with Crippen LogP contribution in [-0.2, 0) is 34.4 Å². The molecule has 9 nitrogen and oxygen atoms in total. The molecule has 1 N–H and O–H groups in total. The van der Waals surface area contributed by atoms with Crippen molar-refractivity contribution < 1.29 is 36.6 Å². The van der Waals surface area contributed by atoms with Crippen molar-refractivity contribution in [3.05, 3.63) is 35.6 Å². The summed E-state index contributed by atoms with van der Waals surface area (Å²) in [5.41, 5.74) is -2.73. The van der Waals surface area contributed by atoms with Crippen molar-refractivity contribution in [3.8, 4) is 0 Å². The molecule has 0 aromatic heterocycles. The molecule has 176 valence electrons. The maximum absolute atomic E-state index is 14.9. The minimum Gasteiger partial charge on any atom is -0.467 e. The number of ether oxygens (including phenoxy) is 3. The van der Waals surface area contributed by atoms with E-state index in [-0.39, 0.29) is 11.4 Å². The molecule has 0 bridgehead atoms. The molecule has 2 heterocycles. The molecule has 3 rings (SSSR count). The van der Waals surface area contributed by atoms with E-state index in [0.29, 0.717) is 0 Å². The van der Waals surface area contributed by atoms with E-state index in [2.05, 4.69) is 10.3 Å². The molecule has 11 heteroatoms. The molecule has 1 amide bonds. The summed E-state index contributed by atoms with van der Waals surface area (Å²) < 4.78 is 56.4. The number of nitrogens with one attached hydrogen (secondary N) is 1. The number of fused-ring (bicyclic) bond motifs is 1. The van der Waals surface area contributed by atoms with Crippen LogP contribution < -0.4 is 5.32 Å². The Kier molecular flexibility index (Phi) is 5.88. The van der Waals surface area contributed by atoms with Crippen molar-refractivity contribution in [1.82, 2.24) is 5.32 Å². The highest BCUT2D eigenvalue weighted by Gasteiger charge is 2.67. The lowest BCUT2D eigenvalue weighted by Crippen LogP contribution is -2.64. The number of benzene rings is 1. The van der Waals surface area contributed by atoms with E-state index in [4.69, 9.17) is 14.2 Å². The van der Waals surface area contributed by atoms with E-state index >= 15 is 0 Å². The molecule has 0 spiro atoms. The van der Waals surface area contributed by atoms with Crippen LogP contribution in [0.5, 0.6) is 0 Å². The number of sulfone groups is 1. The van der Waals surface area contributed by atoms with Crippen molar-refractivity contribution in [1.29, 1.82) is 0 Å². The van der Waals surface area contributed by atoms with Crippen LogP contribution in [0.3, 0.4) is 0 Å². The third kappa shape index (κ3) is 3.77. The Labute approximate surface area is 186 Å². The van der Waals surface area contributed by atoms with Crippen LogP contribution in [0.2, 0.25) is 0 Å². The molecule has 1 fully saturated rings. The number of hydrogen-bond acceptors (Lipinski definition) is 8. The van der Waals surface area contributed by atoms with Gasteiger partial charge in [0.2, 0.25) is 0 Å². The fourth-order valence-corrected chi connectivity index (χ4v) is 6.21. The summed E-state index contributed by atoms with van der Waals surface area (Å²) >= 11 is 0. The van der Waals surface area contributed by atoms with E-state index in [1.165, 1.54) is 32.0 Å². The number of halogens is 1. The molecule has 1 unspecified atom stereocenters. The number of methoxy groups -OCH3 is 1. The Morgan fingerprint density at radius 3 is 2.44 bits per heavy atom. The maximum atomic E-state index is 14.9. The first-order valence-corrected chi connectivity index (χ1v) is 11.5. The summed E-state index contributed by atoms with van der Waals surface area (Å²) in [7, 11) is -3.19. The van der Waals surface area contributed by atoms with Crippen LogP contribution in [0.15, 0.2) is 29.3 Å². The van der Waals surface area contributed by atoms with Crippen LogP contribution in [0.4, 0.5) is 9.18 Å². The zero-order valence-corrected chi connectivity index (χ0v) is 19.6. The number of nitrogens with zero attached hydrogens (tertiary/aromatic N) is 1. The number of amides is 1. The summed E-state index contributed by atoms with van der Waals surface area (Å²) in [5, 5.41) is 0.851. The molecule has 1 saturated heterocycles. The van der Waals surface area contributed by atoms with E-state index in [0.717, 1.165) is 13.2 Å². The minimum absolute atomic E-state index is 0.0704. The van der Waals surface area contributed by atoms with Gasteiger partial charge < -0.3 is 14.2 Å². The van der Waals surface area contributed by atoms with Gasteiger partial charge in [0.25, 0.3) is 0 Å². The molecule has 0 aliphatic carbocycles. The zero-order valence-electron chi connectivity index (χ0n) is 18.8. The monoisotopic (exact) mass is 470 g/mol. The van der Waals surface area contributed by atoms with Crippen LogP contribution in [0.1, 0.15) is 40.2 Å². The predicted molar refractivity (Wildman–Crippen MR) is 113 cm³/mol. The van der Waals surface area contributed by atoms with Gasteiger partial charge in [-0.15, -0.1) is 0 Å². The fraction of sp³-hybridized carbons (Fsp3) is 0.571. The Balaban J connectivity index is 2.25. The molecule has 0 radical (unpaired) electrons. The van der Waals surface area contributed by atoms with Gasteiger partial charge in [0, 0.05) is 5.56 Å². The molecule has 1 aromatic carbocycles. The van der Waals surface area contributed by atoms with Crippen molar-refractivity contribution in [2.45, 2.75) is 61.9 Å². The lowest BCUT2D eigenvalue weighted by atomic mass is 9.86. The number of carbonyl (C=O) groups is 2. The Hall–Kier alpha value is -2.53. The summed E-state index contributed by atoms with van der Waals surface area (Å²) in [6, 6.07) is 5.52. The van der Waals surface area contributed by atoms with Crippen LogP contribution >= 0.6 is 0 Å². The van der Waals surface area contributed by atoms with E-state index < -0.39 is 61.6 Å². The van der Waals surface area contributed by atoms with Gasteiger partial charge in [-0.3, -0.25) is 10.3 Å². The Morgan fingerprint density at radius 2 is 1.88 bits per heavy atom.